The minimum Gasteiger partial charge on any atom is -0.325 e. The number of rotatable bonds is 10. The lowest BCUT2D eigenvalue weighted by Gasteiger charge is -2.18. The van der Waals surface area contributed by atoms with Crippen LogP contribution in [0, 0.1) is 0 Å². The fraction of sp³-hybridized carbons (Fsp3) is 0.348. The molecule has 0 aliphatic heterocycles. The maximum absolute atomic E-state index is 13.0. The molecule has 1 heterocycles. The van der Waals surface area contributed by atoms with E-state index in [9.17, 15) is 9.59 Å². The number of Topliss-reactive ketones (excluding diaryl/α,β-unsaturated/α-hetero) is 1. The Morgan fingerprint density at radius 2 is 1.89 bits per heavy atom. The lowest BCUT2D eigenvalue weighted by molar-refractivity contribution is -0.120. The number of amides is 1. The number of imidazole rings is 1. The number of benzene rings is 2. The number of carbonyl (C=O) groups excluding carboxylic acids is 2. The Hall–Kier alpha value is -2.95. The van der Waals surface area contributed by atoms with E-state index in [1.54, 1.807) is 12.5 Å². The van der Waals surface area contributed by atoms with Gasteiger partial charge in [0.05, 0.1) is 6.33 Å². The number of aromatic nitrogens is 2. The molecule has 1 N–H and O–H groups in total. The molecule has 0 fully saturated rings. The lowest BCUT2D eigenvalue weighted by atomic mass is 10.0. The summed E-state index contributed by atoms with van der Waals surface area (Å²) in [6.07, 6.45) is 9.88. The standard InChI is InChI=1S/C23H27N3O2/c1-2-21(27)10-4-3-5-11-22(26-15-14-24-17-26)23(28)25-20-13-12-18-8-6-7-9-19(18)16-20/h6-9,12-17,22H,2-5,10-11H2,1H3,(H,25,28)/t22-/m0/s1. The second-order valence-electron chi connectivity index (χ2n) is 7.07. The first-order chi connectivity index (χ1) is 13.7. The minimum atomic E-state index is -0.309. The Bertz CT molecular complexity index is 919. The summed E-state index contributed by atoms with van der Waals surface area (Å²) >= 11 is 0. The molecule has 0 saturated carbocycles. The Morgan fingerprint density at radius 3 is 2.64 bits per heavy atom. The number of ketones is 1. The van der Waals surface area contributed by atoms with Crippen LogP contribution in [0.1, 0.15) is 51.5 Å². The molecule has 1 amide bonds. The van der Waals surface area contributed by atoms with Crippen molar-refractivity contribution < 1.29 is 9.59 Å². The van der Waals surface area contributed by atoms with E-state index in [1.165, 1.54) is 0 Å². The van der Waals surface area contributed by atoms with E-state index in [2.05, 4.69) is 16.4 Å². The van der Waals surface area contributed by atoms with E-state index in [0.29, 0.717) is 18.6 Å². The van der Waals surface area contributed by atoms with Crippen LogP contribution < -0.4 is 5.32 Å². The van der Waals surface area contributed by atoms with Crippen LogP contribution in [-0.4, -0.2) is 21.2 Å². The Balaban J connectivity index is 1.62. The fourth-order valence-corrected chi connectivity index (χ4v) is 3.38. The number of anilines is 1. The van der Waals surface area contributed by atoms with Crippen LogP contribution in [0.4, 0.5) is 5.69 Å². The van der Waals surface area contributed by atoms with Crippen molar-refractivity contribution in [1.29, 1.82) is 0 Å². The van der Waals surface area contributed by atoms with E-state index >= 15 is 0 Å². The van der Waals surface area contributed by atoms with Gasteiger partial charge in [-0.1, -0.05) is 50.1 Å². The van der Waals surface area contributed by atoms with Gasteiger partial charge in [0.2, 0.25) is 5.91 Å². The first kappa shape index (κ1) is 19.8. The smallest absolute Gasteiger partial charge is 0.247 e. The molecule has 0 radical (unpaired) electrons. The van der Waals surface area contributed by atoms with Gasteiger partial charge in [-0.2, -0.15) is 0 Å². The fourth-order valence-electron chi connectivity index (χ4n) is 3.38. The zero-order valence-corrected chi connectivity index (χ0v) is 16.3. The summed E-state index contributed by atoms with van der Waals surface area (Å²) < 4.78 is 1.85. The Labute approximate surface area is 165 Å². The first-order valence-electron chi connectivity index (χ1n) is 9.96. The van der Waals surface area contributed by atoms with Crippen LogP contribution in [-0.2, 0) is 9.59 Å². The molecule has 0 spiro atoms. The van der Waals surface area contributed by atoms with Crippen LogP contribution in [0.2, 0.25) is 0 Å². The highest BCUT2D eigenvalue weighted by molar-refractivity contribution is 5.96. The van der Waals surface area contributed by atoms with Gasteiger partial charge in [-0.15, -0.1) is 0 Å². The lowest BCUT2D eigenvalue weighted by Crippen LogP contribution is -2.25. The third-order valence-electron chi connectivity index (χ3n) is 5.03. The molecule has 0 unspecified atom stereocenters. The van der Waals surface area contributed by atoms with E-state index in [1.807, 2.05) is 54.1 Å². The molecule has 5 nitrogen and oxygen atoms in total. The van der Waals surface area contributed by atoms with Crippen LogP contribution >= 0.6 is 0 Å². The number of fused-ring (bicyclic) bond motifs is 1. The minimum absolute atomic E-state index is 0.0436. The summed E-state index contributed by atoms with van der Waals surface area (Å²) in [5, 5.41) is 5.29. The van der Waals surface area contributed by atoms with Crippen molar-refractivity contribution in [2.75, 3.05) is 5.32 Å². The highest BCUT2D eigenvalue weighted by Crippen LogP contribution is 2.22. The van der Waals surface area contributed by atoms with Crippen molar-refractivity contribution >= 4 is 28.2 Å². The van der Waals surface area contributed by atoms with Gasteiger partial charge in [0.25, 0.3) is 0 Å². The molecule has 1 aromatic heterocycles. The quantitative estimate of drug-likeness (QED) is 0.497. The van der Waals surface area contributed by atoms with E-state index in [0.717, 1.165) is 42.1 Å². The number of nitrogens with one attached hydrogen (secondary N) is 1. The molecule has 0 aliphatic carbocycles. The van der Waals surface area contributed by atoms with Gasteiger partial charge < -0.3 is 9.88 Å². The zero-order chi connectivity index (χ0) is 19.8. The molecular formula is C23H27N3O2. The molecule has 2 aromatic carbocycles. The monoisotopic (exact) mass is 377 g/mol. The first-order valence-corrected chi connectivity index (χ1v) is 9.96. The van der Waals surface area contributed by atoms with Crippen molar-refractivity contribution in [1.82, 2.24) is 9.55 Å². The van der Waals surface area contributed by atoms with Crippen molar-refractivity contribution in [3.63, 3.8) is 0 Å². The molecule has 0 saturated heterocycles. The molecule has 3 rings (SSSR count). The van der Waals surface area contributed by atoms with Crippen molar-refractivity contribution in [2.24, 2.45) is 0 Å². The maximum atomic E-state index is 13.0. The highest BCUT2D eigenvalue weighted by atomic mass is 16.2. The number of hydrogen-bond donors (Lipinski definition) is 1. The largest absolute Gasteiger partial charge is 0.325 e. The van der Waals surface area contributed by atoms with Crippen molar-refractivity contribution in [3.8, 4) is 0 Å². The van der Waals surface area contributed by atoms with Gasteiger partial charge in [-0.3, -0.25) is 9.59 Å². The van der Waals surface area contributed by atoms with Crippen LogP contribution in [0.15, 0.2) is 61.2 Å². The van der Waals surface area contributed by atoms with Gasteiger partial charge in [0, 0.05) is 30.9 Å². The number of unbranched alkanes of at least 4 members (excludes halogenated alkanes) is 2. The van der Waals surface area contributed by atoms with E-state index in [4.69, 9.17) is 0 Å². The van der Waals surface area contributed by atoms with Crippen LogP contribution in [0.5, 0.6) is 0 Å². The predicted octanol–water partition coefficient (Wildman–Crippen LogP) is 5.15. The van der Waals surface area contributed by atoms with Gasteiger partial charge in [-0.25, -0.2) is 4.98 Å². The van der Waals surface area contributed by atoms with Gasteiger partial charge >= 0.3 is 0 Å². The SMILES string of the molecule is CCC(=O)CCCCC[C@@H](C(=O)Nc1ccc2ccccc2c1)n1ccnc1. The van der Waals surface area contributed by atoms with Gasteiger partial charge in [0.15, 0.2) is 0 Å². The topological polar surface area (TPSA) is 64.0 Å². The highest BCUT2D eigenvalue weighted by Gasteiger charge is 2.20. The van der Waals surface area contributed by atoms with Gasteiger partial charge in [-0.05, 0) is 35.7 Å². The van der Waals surface area contributed by atoms with Crippen molar-refractivity contribution in [3.05, 3.63) is 61.2 Å². The molecule has 3 aromatic rings. The third kappa shape index (κ3) is 5.28. The summed E-state index contributed by atoms with van der Waals surface area (Å²) in [7, 11) is 0. The molecule has 1 atom stereocenters. The molecule has 146 valence electrons. The van der Waals surface area contributed by atoms with E-state index < -0.39 is 0 Å². The van der Waals surface area contributed by atoms with Crippen LogP contribution in [0.3, 0.4) is 0 Å². The molecule has 0 bridgehead atoms. The zero-order valence-electron chi connectivity index (χ0n) is 16.3. The van der Waals surface area contributed by atoms with Crippen LogP contribution in [0.25, 0.3) is 10.8 Å². The predicted molar refractivity (Wildman–Crippen MR) is 112 cm³/mol. The third-order valence-corrected chi connectivity index (χ3v) is 5.03. The number of carbonyl (C=O) groups is 2. The summed E-state index contributed by atoms with van der Waals surface area (Å²) in [6, 6.07) is 13.7. The normalized spacial score (nSPS) is 12.0. The molecular weight excluding hydrogens is 350 g/mol. The van der Waals surface area contributed by atoms with Gasteiger partial charge in [0.1, 0.15) is 11.8 Å². The average molecular weight is 377 g/mol. The van der Waals surface area contributed by atoms with Crippen molar-refractivity contribution in [2.45, 2.75) is 51.5 Å². The molecule has 0 aliphatic rings. The summed E-state index contributed by atoms with van der Waals surface area (Å²) in [5.74, 6) is 0.262. The number of nitrogens with zero attached hydrogens (tertiary/aromatic N) is 2. The summed E-state index contributed by atoms with van der Waals surface area (Å²) in [6.45, 7) is 1.90. The summed E-state index contributed by atoms with van der Waals surface area (Å²) in [4.78, 5) is 28.5. The Morgan fingerprint density at radius 1 is 1.07 bits per heavy atom. The summed E-state index contributed by atoms with van der Waals surface area (Å²) in [5.41, 5.74) is 0.794. The maximum Gasteiger partial charge on any atom is 0.247 e. The number of hydrogen-bond acceptors (Lipinski definition) is 3. The second-order valence-corrected chi connectivity index (χ2v) is 7.07. The molecule has 28 heavy (non-hydrogen) atoms. The second kappa shape index (κ2) is 9.83. The average Bonchev–Trinajstić information content (AvgIpc) is 3.24. The molecule has 5 heteroatoms. The van der Waals surface area contributed by atoms with E-state index in [-0.39, 0.29) is 11.9 Å². The Kier molecular flexibility index (Phi) is 6.95.